The molecule has 13 heavy (non-hydrogen) atoms. The molecule has 0 spiro atoms. The maximum atomic E-state index is 6.08. The average Bonchev–Trinajstić information content (AvgIpc) is 2.47. The molecule has 1 aromatic carbocycles. The van der Waals surface area contributed by atoms with E-state index in [1.54, 1.807) is 18.4 Å². The summed E-state index contributed by atoms with van der Waals surface area (Å²) in [6.45, 7) is 0. The quantitative estimate of drug-likeness (QED) is 0.754. The fourth-order valence-electron chi connectivity index (χ4n) is 1.21. The van der Waals surface area contributed by atoms with Crippen molar-refractivity contribution in [3.8, 4) is 5.75 Å². The predicted molar refractivity (Wildman–Crippen MR) is 61.1 cm³/mol. The van der Waals surface area contributed by atoms with Crippen molar-refractivity contribution in [1.82, 2.24) is 0 Å². The maximum absolute atomic E-state index is 6.08. The fraction of sp³-hybridized carbons (Fsp3) is 0.111. The first-order valence-corrected chi connectivity index (χ1v) is 5.67. The summed E-state index contributed by atoms with van der Waals surface area (Å²) in [5.41, 5.74) is 0. The van der Waals surface area contributed by atoms with Crippen LogP contribution in [0.1, 0.15) is 0 Å². The van der Waals surface area contributed by atoms with Gasteiger partial charge in [0.2, 0.25) is 0 Å². The third kappa shape index (κ3) is 1.56. The van der Waals surface area contributed by atoms with Gasteiger partial charge in [-0.05, 0) is 12.1 Å². The van der Waals surface area contributed by atoms with Gasteiger partial charge in [-0.15, -0.1) is 11.3 Å². The molecule has 0 saturated carbocycles. The zero-order chi connectivity index (χ0) is 9.42. The zero-order valence-electron chi connectivity index (χ0n) is 6.80. The monoisotopic (exact) mass is 276 g/mol. The normalized spacial score (nSPS) is 10.7. The van der Waals surface area contributed by atoms with Crippen LogP contribution in [0.15, 0.2) is 22.0 Å². The van der Waals surface area contributed by atoms with Crippen molar-refractivity contribution in [1.29, 1.82) is 0 Å². The van der Waals surface area contributed by atoms with E-state index in [9.17, 15) is 0 Å². The summed E-state index contributed by atoms with van der Waals surface area (Å²) in [5.74, 6) is 0.845. The lowest BCUT2D eigenvalue weighted by Gasteiger charge is -1.99. The molecule has 4 heteroatoms. The predicted octanol–water partition coefficient (Wildman–Crippen LogP) is 4.33. The van der Waals surface area contributed by atoms with Gasteiger partial charge in [-0.2, -0.15) is 0 Å². The standard InChI is InChI=1S/C9H6BrClOS/c1-12-7-4-13-8-3-5(10)2-6(11)9(7)8/h2-4H,1H3. The molecule has 0 amide bonds. The topological polar surface area (TPSA) is 9.23 Å². The molecule has 0 bridgehead atoms. The van der Waals surface area contributed by atoms with Gasteiger partial charge in [0.1, 0.15) is 5.75 Å². The number of halogens is 2. The zero-order valence-corrected chi connectivity index (χ0v) is 9.96. The third-order valence-corrected chi connectivity index (χ3v) is 3.44. The van der Waals surface area contributed by atoms with Crippen molar-refractivity contribution >= 4 is 49.0 Å². The highest BCUT2D eigenvalue weighted by Gasteiger charge is 2.08. The highest BCUT2D eigenvalue weighted by molar-refractivity contribution is 9.10. The molecule has 0 fully saturated rings. The molecular weight excluding hydrogens is 272 g/mol. The molecule has 1 heterocycles. The van der Waals surface area contributed by atoms with Gasteiger partial charge in [-0.3, -0.25) is 0 Å². The number of hydrogen-bond acceptors (Lipinski definition) is 2. The number of methoxy groups -OCH3 is 1. The maximum Gasteiger partial charge on any atom is 0.138 e. The van der Waals surface area contributed by atoms with Crippen LogP contribution >= 0.6 is 38.9 Å². The van der Waals surface area contributed by atoms with Gasteiger partial charge in [-0.1, -0.05) is 27.5 Å². The van der Waals surface area contributed by atoms with E-state index in [1.165, 1.54) is 0 Å². The lowest BCUT2D eigenvalue weighted by atomic mass is 10.2. The highest BCUT2D eigenvalue weighted by atomic mass is 79.9. The number of benzene rings is 1. The smallest absolute Gasteiger partial charge is 0.138 e. The van der Waals surface area contributed by atoms with E-state index in [-0.39, 0.29) is 0 Å². The van der Waals surface area contributed by atoms with Crippen LogP contribution in [0.5, 0.6) is 5.75 Å². The van der Waals surface area contributed by atoms with E-state index in [0.29, 0.717) is 0 Å². The van der Waals surface area contributed by atoms with Crippen LogP contribution in [0, 0.1) is 0 Å². The van der Waals surface area contributed by atoms with E-state index in [1.807, 2.05) is 17.5 Å². The van der Waals surface area contributed by atoms with Gasteiger partial charge >= 0.3 is 0 Å². The first-order valence-electron chi connectivity index (χ1n) is 3.62. The first kappa shape index (κ1) is 9.31. The number of rotatable bonds is 1. The van der Waals surface area contributed by atoms with Crippen LogP contribution in [-0.2, 0) is 0 Å². The van der Waals surface area contributed by atoms with E-state index >= 15 is 0 Å². The second kappa shape index (κ2) is 3.48. The van der Waals surface area contributed by atoms with Crippen LogP contribution < -0.4 is 4.74 Å². The van der Waals surface area contributed by atoms with E-state index in [0.717, 1.165) is 25.3 Å². The summed E-state index contributed by atoms with van der Waals surface area (Å²) in [6, 6.07) is 3.91. The molecule has 1 aromatic heterocycles. The van der Waals surface area contributed by atoms with E-state index in [4.69, 9.17) is 16.3 Å². The van der Waals surface area contributed by atoms with Crippen LogP contribution in [0.4, 0.5) is 0 Å². The van der Waals surface area contributed by atoms with Gasteiger partial charge in [0.15, 0.2) is 0 Å². The molecule has 0 saturated heterocycles. The molecule has 0 aliphatic heterocycles. The van der Waals surface area contributed by atoms with Crippen molar-refractivity contribution < 1.29 is 4.74 Å². The molecule has 0 atom stereocenters. The molecule has 68 valence electrons. The Hall–Kier alpha value is -0.250. The minimum absolute atomic E-state index is 0.725. The van der Waals surface area contributed by atoms with Crippen molar-refractivity contribution in [2.75, 3.05) is 7.11 Å². The minimum Gasteiger partial charge on any atom is -0.495 e. The number of hydrogen-bond donors (Lipinski definition) is 0. The summed E-state index contributed by atoms with van der Waals surface area (Å²) in [5, 5.41) is 3.68. The number of ether oxygens (including phenoxy) is 1. The Kier molecular flexibility index (Phi) is 2.49. The largest absolute Gasteiger partial charge is 0.495 e. The Labute approximate surface area is 93.4 Å². The van der Waals surface area contributed by atoms with Gasteiger partial charge in [0, 0.05) is 14.6 Å². The Balaban J connectivity index is 2.82. The molecule has 2 rings (SSSR count). The average molecular weight is 278 g/mol. The van der Waals surface area contributed by atoms with Crippen LogP contribution in [-0.4, -0.2) is 7.11 Å². The fourth-order valence-corrected chi connectivity index (χ4v) is 3.29. The number of fused-ring (bicyclic) bond motifs is 1. The van der Waals surface area contributed by atoms with Crippen molar-refractivity contribution in [2.24, 2.45) is 0 Å². The molecular formula is C9H6BrClOS. The molecule has 0 N–H and O–H groups in total. The lowest BCUT2D eigenvalue weighted by molar-refractivity contribution is 0.421. The molecule has 0 radical (unpaired) electrons. The van der Waals surface area contributed by atoms with Crippen molar-refractivity contribution in [3.05, 3.63) is 27.0 Å². The highest BCUT2D eigenvalue weighted by Crippen LogP contribution is 2.39. The van der Waals surface area contributed by atoms with Gasteiger partial charge < -0.3 is 4.74 Å². The second-order valence-corrected chi connectivity index (χ2v) is 4.80. The van der Waals surface area contributed by atoms with Crippen molar-refractivity contribution in [2.45, 2.75) is 0 Å². The van der Waals surface area contributed by atoms with Gasteiger partial charge in [-0.25, -0.2) is 0 Å². The SMILES string of the molecule is COc1csc2cc(Br)cc(Cl)c12. The molecule has 2 aromatic rings. The first-order chi connectivity index (χ1) is 6.22. The third-order valence-electron chi connectivity index (χ3n) is 1.78. The summed E-state index contributed by atoms with van der Waals surface area (Å²) < 4.78 is 7.33. The summed E-state index contributed by atoms with van der Waals surface area (Å²) in [7, 11) is 1.65. The summed E-state index contributed by atoms with van der Waals surface area (Å²) in [4.78, 5) is 0. The van der Waals surface area contributed by atoms with Crippen LogP contribution in [0.25, 0.3) is 10.1 Å². The van der Waals surface area contributed by atoms with Gasteiger partial charge in [0.05, 0.1) is 17.5 Å². The molecule has 1 nitrogen and oxygen atoms in total. The Morgan fingerprint density at radius 2 is 2.23 bits per heavy atom. The van der Waals surface area contributed by atoms with E-state index < -0.39 is 0 Å². The second-order valence-electron chi connectivity index (χ2n) is 2.56. The molecule has 0 unspecified atom stereocenters. The summed E-state index contributed by atoms with van der Waals surface area (Å²) >= 11 is 11.1. The Morgan fingerprint density at radius 1 is 1.46 bits per heavy atom. The Morgan fingerprint density at radius 3 is 2.92 bits per heavy atom. The Bertz CT molecular complexity index is 452. The number of thiophene rings is 1. The minimum atomic E-state index is 0.725. The van der Waals surface area contributed by atoms with E-state index in [2.05, 4.69) is 15.9 Å². The van der Waals surface area contributed by atoms with Gasteiger partial charge in [0.25, 0.3) is 0 Å². The van der Waals surface area contributed by atoms with Crippen LogP contribution in [0.3, 0.4) is 0 Å². The molecule has 0 aliphatic carbocycles. The molecule has 0 aliphatic rings. The van der Waals surface area contributed by atoms with Crippen LogP contribution in [0.2, 0.25) is 5.02 Å². The lowest BCUT2D eigenvalue weighted by Crippen LogP contribution is -1.79. The summed E-state index contributed by atoms with van der Waals surface area (Å²) in [6.07, 6.45) is 0. The van der Waals surface area contributed by atoms with Crippen molar-refractivity contribution in [3.63, 3.8) is 0 Å².